The first-order valence-corrected chi connectivity index (χ1v) is 6.09. The molecular formula is C12H23NO2. The van der Waals surface area contributed by atoms with Crippen molar-refractivity contribution >= 4 is 5.91 Å². The Hall–Kier alpha value is -0.570. The van der Waals surface area contributed by atoms with Gasteiger partial charge in [0.15, 0.2) is 0 Å². The van der Waals surface area contributed by atoms with Gasteiger partial charge in [-0.1, -0.05) is 25.7 Å². The summed E-state index contributed by atoms with van der Waals surface area (Å²) in [5.74, 6) is 1.04. The smallest absolute Gasteiger partial charge is 0.222 e. The maximum atomic E-state index is 11.5. The average Bonchev–Trinajstić information content (AvgIpc) is 2.71. The second kappa shape index (κ2) is 6.83. The molecule has 0 aromatic heterocycles. The molecule has 88 valence electrons. The lowest BCUT2D eigenvalue weighted by Crippen LogP contribution is -2.29. The molecule has 15 heavy (non-hydrogen) atoms. The Labute approximate surface area is 92.5 Å². The van der Waals surface area contributed by atoms with Crippen LogP contribution in [0.2, 0.25) is 0 Å². The van der Waals surface area contributed by atoms with Crippen molar-refractivity contribution < 1.29 is 9.90 Å². The number of carbonyl (C=O) groups excluding carboxylic acids is 1. The summed E-state index contributed by atoms with van der Waals surface area (Å²) >= 11 is 0. The predicted molar refractivity (Wildman–Crippen MR) is 60.5 cm³/mol. The van der Waals surface area contributed by atoms with Gasteiger partial charge in [0.1, 0.15) is 0 Å². The molecule has 0 spiro atoms. The molecule has 1 amide bonds. The van der Waals surface area contributed by atoms with Gasteiger partial charge in [0.25, 0.3) is 0 Å². The number of nitrogens with zero attached hydrogens (tertiary/aromatic N) is 1. The third-order valence-corrected chi connectivity index (χ3v) is 3.34. The van der Waals surface area contributed by atoms with Gasteiger partial charge in [-0.3, -0.25) is 4.79 Å². The summed E-state index contributed by atoms with van der Waals surface area (Å²) in [7, 11) is 1.76. The van der Waals surface area contributed by atoms with Crippen LogP contribution in [0.5, 0.6) is 0 Å². The Bertz CT molecular complexity index is 188. The van der Waals surface area contributed by atoms with Crippen LogP contribution in [0.3, 0.4) is 0 Å². The molecule has 3 nitrogen and oxygen atoms in total. The van der Waals surface area contributed by atoms with E-state index in [2.05, 4.69) is 0 Å². The first-order chi connectivity index (χ1) is 7.24. The number of aliphatic hydroxyl groups is 1. The molecule has 1 fully saturated rings. The molecule has 0 aliphatic heterocycles. The van der Waals surface area contributed by atoms with Crippen molar-refractivity contribution in [1.82, 2.24) is 4.90 Å². The second-order valence-electron chi connectivity index (χ2n) is 4.58. The SMILES string of the molecule is CN(CCO)C(=O)CCCC1CCCC1. The monoisotopic (exact) mass is 213 g/mol. The number of hydrogen-bond donors (Lipinski definition) is 1. The summed E-state index contributed by atoms with van der Waals surface area (Å²) in [4.78, 5) is 13.1. The van der Waals surface area contributed by atoms with Crippen LogP contribution >= 0.6 is 0 Å². The molecular weight excluding hydrogens is 190 g/mol. The highest BCUT2D eigenvalue weighted by atomic mass is 16.3. The zero-order valence-electron chi connectivity index (χ0n) is 9.74. The molecule has 1 aliphatic carbocycles. The topological polar surface area (TPSA) is 40.5 Å². The summed E-state index contributed by atoms with van der Waals surface area (Å²) in [6.45, 7) is 0.521. The van der Waals surface area contributed by atoms with E-state index in [-0.39, 0.29) is 12.5 Å². The van der Waals surface area contributed by atoms with Crippen LogP contribution in [0, 0.1) is 5.92 Å². The standard InChI is InChI=1S/C12H23NO2/c1-13(9-10-14)12(15)8-4-7-11-5-2-3-6-11/h11,14H,2-10H2,1H3. The van der Waals surface area contributed by atoms with Crippen molar-refractivity contribution in [3.63, 3.8) is 0 Å². The molecule has 1 saturated carbocycles. The fourth-order valence-electron chi connectivity index (χ4n) is 2.31. The zero-order chi connectivity index (χ0) is 11.1. The van der Waals surface area contributed by atoms with Gasteiger partial charge in [0.05, 0.1) is 6.61 Å². The Morgan fingerprint density at radius 1 is 1.40 bits per heavy atom. The van der Waals surface area contributed by atoms with Crippen molar-refractivity contribution in [1.29, 1.82) is 0 Å². The minimum absolute atomic E-state index is 0.0604. The summed E-state index contributed by atoms with van der Waals surface area (Å²) in [6.07, 6.45) is 8.35. The lowest BCUT2D eigenvalue weighted by Gasteiger charge is -2.16. The van der Waals surface area contributed by atoms with Crippen molar-refractivity contribution in [2.75, 3.05) is 20.2 Å². The minimum Gasteiger partial charge on any atom is -0.395 e. The van der Waals surface area contributed by atoms with E-state index in [1.165, 1.54) is 32.1 Å². The molecule has 1 N–H and O–H groups in total. The lowest BCUT2D eigenvalue weighted by atomic mass is 10.0. The molecule has 0 atom stereocenters. The van der Waals surface area contributed by atoms with Gasteiger partial charge in [-0.15, -0.1) is 0 Å². The van der Waals surface area contributed by atoms with Gasteiger partial charge in [-0.2, -0.15) is 0 Å². The lowest BCUT2D eigenvalue weighted by molar-refractivity contribution is -0.130. The molecule has 0 aromatic carbocycles. The fraction of sp³-hybridized carbons (Fsp3) is 0.917. The van der Waals surface area contributed by atoms with Crippen molar-refractivity contribution in [3.05, 3.63) is 0 Å². The van der Waals surface area contributed by atoms with Crippen LogP contribution in [0.25, 0.3) is 0 Å². The summed E-state index contributed by atoms with van der Waals surface area (Å²) in [5.41, 5.74) is 0. The number of likely N-dealkylation sites (N-methyl/N-ethyl adjacent to an activating group) is 1. The Morgan fingerprint density at radius 3 is 2.67 bits per heavy atom. The number of aliphatic hydroxyl groups excluding tert-OH is 1. The van der Waals surface area contributed by atoms with E-state index in [0.717, 1.165) is 12.3 Å². The molecule has 0 bridgehead atoms. The molecule has 0 unspecified atom stereocenters. The maximum absolute atomic E-state index is 11.5. The largest absolute Gasteiger partial charge is 0.395 e. The number of carbonyl (C=O) groups is 1. The predicted octanol–water partition coefficient (Wildman–Crippen LogP) is 1.80. The van der Waals surface area contributed by atoms with Gasteiger partial charge in [-0.05, 0) is 18.8 Å². The Kier molecular flexibility index (Phi) is 5.69. The van der Waals surface area contributed by atoms with Gasteiger partial charge >= 0.3 is 0 Å². The van der Waals surface area contributed by atoms with E-state index in [0.29, 0.717) is 13.0 Å². The van der Waals surface area contributed by atoms with Crippen molar-refractivity contribution in [2.45, 2.75) is 44.9 Å². The van der Waals surface area contributed by atoms with Crippen LogP contribution in [-0.2, 0) is 4.79 Å². The van der Waals surface area contributed by atoms with E-state index >= 15 is 0 Å². The van der Waals surface area contributed by atoms with Crippen molar-refractivity contribution in [2.24, 2.45) is 5.92 Å². The summed E-state index contributed by atoms with van der Waals surface area (Å²) < 4.78 is 0. The molecule has 3 heteroatoms. The highest BCUT2D eigenvalue weighted by Gasteiger charge is 2.15. The minimum atomic E-state index is 0.0604. The Balaban J connectivity index is 2.05. The van der Waals surface area contributed by atoms with E-state index in [4.69, 9.17) is 5.11 Å². The van der Waals surface area contributed by atoms with E-state index in [9.17, 15) is 4.79 Å². The quantitative estimate of drug-likeness (QED) is 0.731. The molecule has 0 radical (unpaired) electrons. The van der Waals surface area contributed by atoms with Gasteiger partial charge in [-0.25, -0.2) is 0 Å². The van der Waals surface area contributed by atoms with Crippen LogP contribution in [0.15, 0.2) is 0 Å². The van der Waals surface area contributed by atoms with Gasteiger partial charge in [0, 0.05) is 20.0 Å². The normalized spacial score (nSPS) is 16.9. The van der Waals surface area contributed by atoms with Crippen molar-refractivity contribution in [3.8, 4) is 0 Å². The first-order valence-electron chi connectivity index (χ1n) is 6.09. The summed E-state index contributed by atoms with van der Waals surface area (Å²) in [5, 5.41) is 8.69. The van der Waals surface area contributed by atoms with E-state index in [1.807, 2.05) is 0 Å². The third-order valence-electron chi connectivity index (χ3n) is 3.34. The van der Waals surface area contributed by atoms with Gasteiger partial charge < -0.3 is 10.0 Å². The highest BCUT2D eigenvalue weighted by Crippen LogP contribution is 2.28. The highest BCUT2D eigenvalue weighted by molar-refractivity contribution is 5.75. The average molecular weight is 213 g/mol. The molecule has 0 aromatic rings. The molecule has 1 rings (SSSR count). The van der Waals surface area contributed by atoms with Gasteiger partial charge in [0.2, 0.25) is 5.91 Å². The number of hydrogen-bond acceptors (Lipinski definition) is 2. The first kappa shape index (κ1) is 12.5. The fourth-order valence-corrected chi connectivity index (χ4v) is 2.31. The Morgan fingerprint density at radius 2 is 2.07 bits per heavy atom. The van der Waals surface area contributed by atoms with Crippen LogP contribution in [0.1, 0.15) is 44.9 Å². The number of rotatable bonds is 6. The zero-order valence-corrected chi connectivity index (χ0v) is 9.74. The van der Waals surface area contributed by atoms with E-state index in [1.54, 1.807) is 11.9 Å². The van der Waals surface area contributed by atoms with E-state index < -0.39 is 0 Å². The summed E-state index contributed by atoms with van der Waals surface area (Å²) in [6, 6.07) is 0. The molecule has 0 saturated heterocycles. The molecule has 0 heterocycles. The van der Waals surface area contributed by atoms with Crippen LogP contribution in [-0.4, -0.2) is 36.1 Å². The van der Waals surface area contributed by atoms with Crippen LogP contribution in [0.4, 0.5) is 0 Å². The molecule has 1 aliphatic rings. The van der Waals surface area contributed by atoms with Crippen LogP contribution < -0.4 is 0 Å². The maximum Gasteiger partial charge on any atom is 0.222 e. The third kappa shape index (κ3) is 4.65. The second-order valence-corrected chi connectivity index (χ2v) is 4.58. The number of amides is 1.